The predicted octanol–water partition coefficient (Wildman–Crippen LogP) is 40.8. The van der Waals surface area contributed by atoms with Crippen molar-refractivity contribution in [1.29, 1.82) is 0 Å². The van der Waals surface area contributed by atoms with E-state index >= 15 is 0 Å². The smallest absolute Gasteiger partial charge is 0.119 e. The molecule has 6 aliphatic rings. The van der Waals surface area contributed by atoms with Crippen molar-refractivity contribution in [3.05, 3.63) is 449 Å². The van der Waals surface area contributed by atoms with E-state index in [2.05, 4.69) is 387 Å². The van der Waals surface area contributed by atoms with E-state index in [0.717, 1.165) is 104 Å². The van der Waals surface area contributed by atoms with Crippen LogP contribution < -0.4 is 9.47 Å². The molecule has 0 radical (unpaired) electrons. The van der Waals surface area contributed by atoms with Gasteiger partial charge in [0.1, 0.15) is 11.5 Å². The fourth-order valence-electron chi connectivity index (χ4n) is 27.1. The molecule has 1 heterocycles. The molecule has 746 valence electrons. The summed E-state index contributed by atoms with van der Waals surface area (Å²) in [6.07, 6.45) is 50.5. The Labute approximate surface area is 879 Å². The van der Waals surface area contributed by atoms with Crippen molar-refractivity contribution in [3.63, 3.8) is 0 Å². The van der Waals surface area contributed by atoms with Gasteiger partial charge in [0, 0.05) is 16.5 Å². The summed E-state index contributed by atoms with van der Waals surface area (Å²) in [7, 11) is 0. The molecule has 0 spiro atoms. The van der Waals surface area contributed by atoms with Crippen molar-refractivity contribution >= 4 is 0 Å². The van der Waals surface area contributed by atoms with E-state index in [1.165, 1.54) is 326 Å². The summed E-state index contributed by atoms with van der Waals surface area (Å²) in [5.41, 5.74) is 37.3. The number of unbranched alkanes of at least 4 members (excludes halogenated alkanes) is 6. The van der Waals surface area contributed by atoms with Crippen molar-refractivity contribution in [2.24, 2.45) is 0 Å². The topological polar surface area (TPSA) is 23.4 Å². The van der Waals surface area contributed by atoms with Crippen LogP contribution in [0.5, 0.6) is 11.5 Å². The highest BCUT2D eigenvalue weighted by atomic mass is 16.5. The third-order valence-corrected chi connectivity index (χ3v) is 35.8. The zero-order valence-corrected chi connectivity index (χ0v) is 87.3. The molecule has 0 unspecified atom stereocenters. The van der Waals surface area contributed by atoms with Crippen LogP contribution in [0.15, 0.2) is 382 Å². The Bertz CT molecular complexity index is 5880. The van der Waals surface area contributed by atoms with Gasteiger partial charge in [0.15, 0.2) is 0 Å². The molecule has 6 aliphatic carbocycles. The van der Waals surface area contributed by atoms with Gasteiger partial charge in [0.2, 0.25) is 0 Å². The fourth-order valence-corrected chi connectivity index (χ4v) is 27.1. The van der Waals surface area contributed by atoms with Crippen LogP contribution in [-0.2, 0) is 10.8 Å². The van der Waals surface area contributed by atoms with Crippen LogP contribution in [0, 0.1) is 0 Å². The number of para-hydroxylation sites is 1. The highest BCUT2D eigenvalue weighted by Gasteiger charge is 2.39. The summed E-state index contributed by atoms with van der Waals surface area (Å²) in [5, 5.41) is 0. The summed E-state index contributed by atoms with van der Waals surface area (Å²) >= 11 is 0. The van der Waals surface area contributed by atoms with Crippen LogP contribution in [0.2, 0.25) is 0 Å². The summed E-state index contributed by atoms with van der Waals surface area (Å²) in [6.45, 7) is 1.33. The third-order valence-electron chi connectivity index (χ3n) is 35.8. The molecule has 3 nitrogen and oxygen atoms in total. The van der Waals surface area contributed by atoms with Crippen LogP contribution in [0.3, 0.4) is 0 Å². The molecule has 0 N–H and O–H groups in total. The minimum Gasteiger partial charge on any atom is -0.494 e. The van der Waals surface area contributed by atoms with E-state index < -0.39 is 10.8 Å². The van der Waals surface area contributed by atoms with Crippen molar-refractivity contribution < 1.29 is 9.47 Å². The number of rotatable bonds is 37. The summed E-state index contributed by atoms with van der Waals surface area (Å²) in [5.74, 6) is 5.93. The number of aromatic nitrogens is 1. The Morgan fingerprint density at radius 3 is 0.558 bits per heavy atom. The van der Waals surface area contributed by atoms with Crippen LogP contribution in [0.4, 0.5) is 0 Å². The number of hydrogen-bond donors (Lipinski definition) is 0. The third kappa shape index (κ3) is 23.2. The van der Waals surface area contributed by atoms with Crippen molar-refractivity contribution in [2.45, 2.75) is 303 Å². The maximum Gasteiger partial charge on any atom is 0.119 e. The van der Waals surface area contributed by atoms with Gasteiger partial charge in [-0.3, -0.25) is 0 Å². The molecule has 1 aromatic heterocycles. The van der Waals surface area contributed by atoms with Gasteiger partial charge in [-0.05, 0) is 356 Å². The standard InChI is InChI=1S/C144H153NO2/c1(26-102-143(132-84-68-124(69-85-132)118-56-44-112(45-57-118)106-30-12-5-13-31-106,133-86-70-125(71-87-133)119-58-46-113(47-59-119)107-32-14-6-15-33-107)134-88-72-126(73-89-134)120-60-48-114(49-61-120)108-34-16-7-17-35-108)3-28-104-146-139-96-80-130(81-97-139)141-100-101-142(145(141)138-42-24-11-25-43-138)131-82-98-140(99-83-131)147-105-29-4-2-27-103-144(135-90-74-127(75-91-135)121-62-50-115(51-63-121)109-36-18-8-19-37-109,136-92-76-128(77-93-136)122-64-52-116(53-65-122)110-38-20-9-21-39-110)137-94-78-129(79-95-137)123-66-54-117(55-67-123)111-40-22-10-23-41-111/h11,24-25,42-101,106-111H,1-10,12-23,26-41,102-105H2. The number of hydrogen-bond acceptors (Lipinski definition) is 2. The molecule has 6 saturated carbocycles. The lowest BCUT2D eigenvalue weighted by Gasteiger charge is -2.37. The Hall–Kier alpha value is -12.8. The van der Waals surface area contributed by atoms with Gasteiger partial charge < -0.3 is 14.0 Å². The Kier molecular flexibility index (Phi) is 32.3. The Morgan fingerprint density at radius 2 is 0.354 bits per heavy atom. The molecule has 0 aliphatic heterocycles. The molecule has 3 heteroatoms. The van der Waals surface area contributed by atoms with E-state index in [4.69, 9.17) is 9.47 Å². The van der Waals surface area contributed by atoms with E-state index in [1.807, 2.05) is 0 Å². The van der Waals surface area contributed by atoms with E-state index in [9.17, 15) is 0 Å². The maximum atomic E-state index is 6.68. The summed E-state index contributed by atoms with van der Waals surface area (Å²) in [6, 6.07) is 149. The molecule has 0 atom stereocenters. The largest absolute Gasteiger partial charge is 0.494 e. The van der Waals surface area contributed by atoms with Gasteiger partial charge in [-0.1, -0.05) is 463 Å². The maximum absolute atomic E-state index is 6.68. The molecule has 0 amide bonds. The van der Waals surface area contributed by atoms with Crippen molar-refractivity contribution in [1.82, 2.24) is 4.57 Å². The van der Waals surface area contributed by atoms with Crippen molar-refractivity contribution in [2.75, 3.05) is 13.2 Å². The van der Waals surface area contributed by atoms with Gasteiger partial charge in [0.25, 0.3) is 0 Å². The lowest BCUT2D eigenvalue weighted by Crippen LogP contribution is -2.29. The van der Waals surface area contributed by atoms with Gasteiger partial charge in [0.05, 0.1) is 24.6 Å². The van der Waals surface area contributed by atoms with Crippen LogP contribution >= 0.6 is 0 Å². The predicted molar refractivity (Wildman–Crippen MR) is 620 cm³/mol. The van der Waals surface area contributed by atoms with Gasteiger partial charge in [-0.15, -0.1) is 0 Å². The average Bonchev–Trinajstić information content (AvgIpc) is 0.873. The second kappa shape index (κ2) is 48.0. The lowest BCUT2D eigenvalue weighted by molar-refractivity contribution is 0.303. The molecule has 0 bridgehead atoms. The first-order valence-corrected chi connectivity index (χ1v) is 57.8. The average molecular weight is 1930 g/mol. The highest BCUT2D eigenvalue weighted by molar-refractivity contribution is 5.76. The molecule has 16 aromatic rings. The van der Waals surface area contributed by atoms with Gasteiger partial charge in [-0.25, -0.2) is 0 Å². The summed E-state index contributed by atoms with van der Waals surface area (Å²) in [4.78, 5) is 0. The SMILES string of the molecule is c1ccc(-n2c(-c3ccc(OCCCCCCC(c4ccc(-c5ccc(C6CCCCC6)cc5)cc4)(c4ccc(-c5ccc(C6CCCCC6)cc5)cc4)c4ccc(-c5ccc(C6CCCCC6)cc5)cc4)cc3)ccc2-c2ccc(OCCCCCCC(c3ccc(-c4ccc(C5CCCCC5)cc4)cc3)(c3ccc(-c4ccc(C5CCCCC5)cc4)cc3)c3ccc(-c4ccc(C5CCCCC5)cc4)cc3)cc2)cc1. The van der Waals surface area contributed by atoms with E-state index in [0.29, 0.717) is 48.7 Å². The second-order valence-electron chi connectivity index (χ2n) is 44.9. The van der Waals surface area contributed by atoms with Crippen LogP contribution in [0.1, 0.15) is 359 Å². The fraction of sp³-hybridized carbons (Fsp3) is 0.347. The normalized spacial score (nSPS) is 16.2. The van der Waals surface area contributed by atoms with Crippen LogP contribution in [-0.4, -0.2) is 17.8 Å². The van der Waals surface area contributed by atoms with E-state index in [-0.39, 0.29) is 0 Å². The number of nitrogens with zero attached hydrogens (tertiary/aromatic N) is 1. The highest BCUT2D eigenvalue weighted by Crippen LogP contribution is 2.51. The number of ether oxygens (including phenoxy) is 2. The number of benzene rings is 15. The lowest BCUT2D eigenvalue weighted by atomic mass is 9.66. The Morgan fingerprint density at radius 1 is 0.170 bits per heavy atom. The molecular formula is C144H153NO2. The minimum absolute atomic E-state index is 0.412. The molecule has 22 rings (SSSR count). The molecular weight excluding hydrogens is 1780 g/mol. The second-order valence-corrected chi connectivity index (χ2v) is 44.9. The Balaban J connectivity index is 0.469. The monoisotopic (exact) mass is 1930 g/mol. The first-order valence-electron chi connectivity index (χ1n) is 57.8. The van der Waals surface area contributed by atoms with Gasteiger partial charge in [-0.2, -0.15) is 0 Å². The minimum atomic E-state index is -0.412. The molecule has 0 saturated heterocycles. The first kappa shape index (κ1) is 98.8. The van der Waals surface area contributed by atoms with Gasteiger partial charge >= 0.3 is 0 Å². The summed E-state index contributed by atoms with van der Waals surface area (Å²) < 4.78 is 15.8. The molecule has 15 aromatic carbocycles. The molecule has 6 fully saturated rings. The van der Waals surface area contributed by atoms with Crippen molar-refractivity contribution in [3.8, 4) is 106 Å². The molecule has 147 heavy (non-hydrogen) atoms. The van der Waals surface area contributed by atoms with Crippen LogP contribution in [0.25, 0.3) is 95.0 Å². The first-order chi connectivity index (χ1) is 72.8. The zero-order chi connectivity index (χ0) is 98.6. The van der Waals surface area contributed by atoms with E-state index in [1.54, 1.807) is 0 Å². The zero-order valence-electron chi connectivity index (χ0n) is 87.3. The quantitative estimate of drug-likeness (QED) is 0.0286.